The molecule has 2 nitrogen and oxygen atoms in total. The molecule has 2 N–H and O–H groups in total. The van der Waals surface area contributed by atoms with Gasteiger partial charge in [0, 0.05) is 13.6 Å². The maximum Gasteiger partial charge on any atom is 0.166 e. The molecule has 0 bridgehead atoms. The van der Waals surface area contributed by atoms with Crippen molar-refractivity contribution in [3.8, 4) is 0 Å². The van der Waals surface area contributed by atoms with Crippen LogP contribution in [0.15, 0.2) is 0 Å². The van der Waals surface area contributed by atoms with Gasteiger partial charge < -0.3 is 10.6 Å². The van der Waals surface area contributed by atoms with Gasteiger partial charge in [0.05, 0.1) is 0 Å². The lowest BCUT2D eigenvalue weighted by molar-refractivity contribution is 0.572. The first-order valence-corrected chi connectivity index (χ1v) is 6.67. The molecule has 0 aliphatic heterocycles. The van der Waals surface area contributed by atoms with Gasteiger partial charge in [0.15, 0.2) is 5.11 Å². The van der Waals surface area contributed by atoms with Crippen molar-refractivity contribution >= 4 is 17.3 Å². The number of nitrogens with one attached hydrogen (secondary N) is 2. The number of rotatable bonds is 9. The van der Waals surface area contributed by atoms with Crippen LogP contribution in [0.3, 0.4) is 0 Å². The minimum absolute atomic E-state index is 0.762. The fourth-order valence-corrected chi connectivity index (χ4v) is 1.65. The molecule has 0 rings (SSSR count). The molecule has 0 unspecified atom stereocenters. The van der Waals surface area contributed by atoms with Crippen molar-refractivity contribution in [3.05, 3.63) is 0 Å². The second-order valence-electron chi connectivity index (χ2n) is 3.98. The molecule has 0 amide bonds. The largest absolute Gasteiger partial charge is 0.366 e. The van der Waals surface area contributed by atoms with Crippen LogP contribution in [0.1, 0.15) is 58.3 Å². The van der Waals surface area contributed by atoms with Crippen LogP contribution in [-0.4, -0.2) is 18.7 Å². The molecule has 0 aliphatic carbocycles. The van der Waals surface area contributed by atoms with Crippen LogP contribution in [0.2, 0.25) is 0 Å². The molecular formula is C12H26N2S. The maximum absolute atomic E-state index is 4.98. The van der Waals surface area contributed by atoms with Crippen LogP contribution in [0.25, 0.3) is 0 Å². The minimum atomic E-state index is 0.762. The standard InChI is InChI=1S/C12H26N2S/c1-3-4-5-6-7-8-9-10-11-14-12(15)13-2/h3-11H2,1-2H3,(H2,13,14,15). The molecule has 0 atom stereocenters. The lowest BCUT2D eigenvalue weighted by Crippen LogP contribution is -2.32. The summed E-state index contributed by atoms with van der Waals surface area (Å²) in [5.41, 5.74) is 0. The maximum atomic E-state index is 4.98. The summed E-state index contributed by atoms with van der Waals surface area (Å²) in [6.07, 6.45) is 10.9. The van der Waals surface area contributed by atoms with Crippen LogP contribution < -0.4 is 10.6 Å². The number of thiocarbonyl (C=S) groups is 1. The van der Waals surface area contributed by atoms with Gasteiger partial charge in [-0.2, -0.15) is 0 Å². The summed E-state index contributed by atoms with van der Waals surface area (Å²) in [5, 5.41) is 6.84. The highest BCUT2D eigenvalue weighted by Crippen LogP contribution is 2.07. The Hall–Kier alpha value is -0.310. The molecule has 90 valence electrons. The minimum Gasteiger partial charge on any atom is -0.366 e. The van der Waals surface area contributed by atoms with Crippen LogP contribution in [0.4, 0.5) is 0 Å². The van der Waals surface area contributed by atoms with E-state index in [1.807, 2.05) is 7.05 Å². The fraction of sp³-hybridized carbons (Fsp3) is 0.917. The smallest absolute Gasteiger partial charge is 0.166 e. The van der Waals surface area contributed by atoms with E-state index in [2.05, 4.69) is 17.6 Å². The van der Waals surface area contributed by atoms with Gasteiger partial charge in [-0.15, -0.1) is 0 Å². The van der Waals surface area contributed by atoms with Gasteiger partial charge in [-0.3, -0.25) is 0 Å². The Morgan fingerprint density at radius 2 is 1.47 bits per heavy atom. The van der Waals surface area contributed by atoms with E-state index < -0.39 is 0 Å². The summed E-state index contributed by atoms with van der Waals surface area (Å²) in [6.45, 7) is 3.27. The SMILES string of the molecule is CCCCCCCCCCNC(=S)NC. The van der Waals surface area contributed by atoms with Gasteiger partial charge in [0.25, 0.3) is 0 Å². The molecule has 0 fully saturated rings. The molecule has 0 heterocycles. The lowest BCUT2D eigenvalue weighted by Gasteiger charge is -2.06. The third-order valence-electron chi connectivity index (χ3n) is 2.54. The first-order valence-electron chi connectivity index (χ1n) is 6.26. The van der Waals surface area contributed by atoms with Crippen molar-refractivity contribution in [1.82, 2.24) is 10.6 Å². The molecule has 3 heteroatoms. The average Bonchev–Trinajstić information content (AvgIpc) is 2.26. The van der Waals surface area contributed by atoms with E-state index in [0.29, 0.717) is 0 Å². The van der Waals surface area contributed by atoms with Crippen molar-refractivity contribution in [3.63, 3.8) is 0 Å². The van der Waals surface area contributed by atoms with Gasteiger partial charge in [-0.25, -0.2) is 0 Å². The molecule has 0 spiro atoms. The third kappa shape index (κ3) is 11.6. The first-order chi connectivity index (χ1) is 7.31. The number of hydrogen-bond acceptors (Lipinski definition) is 1. The molecule has 0 radical (unpaired) electrons. The number of hydrogen-bond donors (Lipinski definition) is 2. The highest BCUT2D eigenvalue weighted by Gasteiger charge is 1.92. The lowest BCUT2D eigenvalue weighted by atomic mass is 10.1. The fourth-order valence-electron chi connectivity index (χ4n) is 1.55. The molecule has 0 aromatic heterocycles. The predicted octanol–water partition coefficient (Wildman–Crippen LogP) is 3.22. The Morgan fingerprint density at radius 1 is 0.933 bits per heavy atom. The highest BCUT2D eigenvalue weighted by molar-refractivity contribution is 7.80. The molecule has 0 aliphatic rings. The summed E-state index contributed by atoms with van der Waals surface area (Å²) in [5.74, 6) is 0. The molecular weight excluding hydrogens is 204 g/mol. The Kier molecular flexibility index (Phi) is 11.5. The zero-order chi connectivity index (χ0) is 11.4. The second-order valence-corrected chi connectivity index (χ2v) is 4.39. The summed E-state index contributed by atoms with van der Waals surface area (Å²) in [7, 11) is 1.85. The van der Waals surface area contributed by atoms with E-state index in [1.54, 1.807) is 0 Å². The molecule has 0 saturated carbocycles. The van der Waals surface area contributed by atoms with Crippen molar-refractivity contribution in [2.75, 3.05) is 13.6 Å². The molecule has 15 heavy (non-hydrogen) atoms. The quantitative estimate of drug-likeness (QED) is 0.470. The topological polar surface area (TPSA) is 24.1 Å². The normalized spacial score (nSPS) is 10.0. The Labute approximate surface area is 100 Å². The van der Waals surface area contributed by atoms with E-state index in [-0.39, 0.29) is 0 Å². The van der Waals surface area contributed by atoms with E-state index >= 15 is 0 Å². The molecule has 0 saturated heterocycles. The van der Waals surface area contributed by atoms with E-state index in [0.717, 1.165) is 11.7 Å². The monoisotopic (exact) mass is 230 g/mol. The predicted molar refractivity (Wildman–Crippen MR) is 72.3 cm³/mol. The van der Waals surface area contributed by atoms with Crippen molar-refractivity contribution in [1.29, 1.82) is 0 Å². The zero-order valence-electron chi connectivity index (χ0n) is 10.3. The Bertz CT molecular complexity index is 149. The summed E-state index contributed by atoms with van der Waals surface area (Å²) in [4.78, 5) is 0. The third-order valence-corrected chi connectivity index (χ3v) is 2.89. The summed E-state index contributed by atoms with van der Waals surface area (Å²) < 4.78 is 0. The van der Waals surface area contributed by atoms with E-state index in [4.69, 9.17) is 12.2 Å². The van der Waals surface area contributed by atoms with E-state index in [9.17, 15) is 0 Å². The van der Waals surface area contributed by atoms with Gasteiger partial charge in [-0.05, 0) is 18.6 Å². The molecule has 0 aromatic rings. The van der Waals surface area contributed by atoms with Gasteiger partial charge in [0.2, 0.25) is 0 Å². The van der Waals surface area contributed by atoms with Crippen LogP contribution in [0.5, 0.6) is 0 Å². The highest BCUT2D eigenvalue weighted by atomic mass is 32.1. The van der Waals surface area contributed by atoms with Gasteiger partial charge >= 0.3 is 0 Å². The van der Waals surface area contributed by atoms with E-state index in [1.165, 1.54) is 51.4 Å². The van der Waals surface area contributed by atoms with Crippen molar-refractivity contribution < 1.29 is 0 Å². The first kappa shape index (κ1) is 14.7. The van der Waals surface area contributed by atoms with Crippen LogP contribution in [0, 0.1) is 0 Å². The zero-order valence-corrected chi connectivity index (χ0v) is 11.1. The van der Waals surface area contributed by atoms with Crippen LogP contribution in [-0.2, 0) is 0 Å². The number of unbranched alkanes of at least 4 members (excludes halogenated alkanes) is 7. The average molecular weight is 230 g/mol. The Morgan fingerprint density at radius 3 is 2.00 bits per heavy atom. The Balaban J connectivity index is 2.95. The van der Waals surface area contributed by atoms with Crippen molar-refractivity contribution in [2.24, 2.45) is 0 Å². The van der Waals surface area contributed by atoms with Crippen molar-refractivity contribution in [2.45, 2.75) is 58.3 Å². The van der Waals surface area contributed by atoms with Gasteiger partial charge in [0.1, 0.15) is 0 Å². The van der Waals surface area contributed by atoms with Crippen LogP contribution >= 0.6 is 12.2 Å². The summed E-state index contributed by atoms with van der Waals surface area (Å²) >= 11 is 4.98. The second kappa shape index (κ2) is 11.8. The van der Waals surface area contributed by atoms with Gasteiger partial charge in [-0.1, -0.05) is 51.9 Å². The summed E-state index contributed by atoms with van der Waals surface area (Å²) in [6, 6.07) is 0. The molecule has 0 aromatic carbocycles.